The minimum Gasteiger partial charge on any atom is -0.495 e. The van der Waals surface area contributed by atoms with Gasteiger partial charge in [0.1, 0.15) is 5.75 Å². The van der Waals surface area contributed by atoms with E-state index >= 15 is 0 Å². The van der Waals surface area contributed by atoms with Crippen molar-refractivity contribution in [2.75, 3.05) is 22.5 Å². The third-order valence-electron chi connectivity index (χ3n) is 4.03. The molecule has 0 saturated heterocycles. The number of halogens is 4. The highest BCUT2D eigenvalue weighted by Crippen LogP contribution is 2.31. The lowest BCUT2D eigenvalue weighted by Crippen LogP contribution is -2.20. The van der Waals surface area contributed by atoms with Crippen LogP contribution in [0.2, 0.25) is 20.1 Å². The molecule has 0 aromatic heterocycles. The number of hydrogen-bond acceptors (Lipinski definition) is 4. The molecule has 0 aliphatic rings. The van der Waals surface area contributed by atoms with Gasteiger partial charge in [-0.3, -0.25) is 4.72 Å². The quantitative estimate of drug-likeness (QED) is 0.325. The SMILES string of the molecule is COc1ccc(NC(=O)Nc2ccc(Cl)c(Cl)c2)cc1NS(=O)(=O)c1cc(Cl)cc(Cl)c1. The van der Waals surface area contributed by atoms with Crippen LogP contribution in [0.3, 0.4) is 0 Å². The van der Waals surface area contributed by atoms with Gasteiger partial charge in [0, 0.05) is 21.4 Å². The summed E-state index contributed by atoms with van der Waals surface area (Å²) < 4.78 is 33.2. The van der Waals surface area contributed by atoms with Crippen LogP contribution in [-0.2, 0) is 10.0 Å². The Morgan fingerprint density at radius 1 is 0.812 bits per heavy atom. The summed E-state index contributed by atoms with van der Waals surface area (Å²) in [5.74, 6) is 0.233. The summed E-state index contributed by atoms with van der Waals surface area (Å²) in [4.78, 5) is 12.2. The van der Waals surface area contributed by atoms with E-state index in [1.165, 1.54) is 43.5 Å². The van der Waals surface area contributed by atoms with Crippen LogP contribution in [-0.4, -0.2) is 21.6 Å². The van der Waals surface area contributed by atoms with E-state index < -0.39 is 16.1 Å². The Hall–Kier alpha value is -2.36. The smallest absolute Gasteiger partial charge is 0.323 e. The second-order valence-corrected chi connectivity index (χ2v) is 9.70. The van der Waals surface area contributed by atoms with Crippen LogP contribution in [0.15, 0.2) is 59.5 Å². The monoisotopic (exact) mass is 533 g/mol. The molecule has 7 nitrogen and oxygen atoms in total. The van der Waals surface area contributed by atoms with Crippen LogP contribution < -0.4 is 20.1 Å². The van der Waals surface area contributed by atoms with Gasteiger partial charge in [0.15, 0.2) is 0 Å². The van der Waals surface area contributed by atoms with Gasteiger partial charge in [0.05, 0.1) is 27.7 Å². The van der Waals surface area contributed by atoms with E-state index in [1.54, 1.807) is 18.2 Å². The summed E-state index contributed by atoms with van der Waals surface area (Å²) in [7, 11) is -2.67. The highest BCUT2D eigenvalue weighted by atomic mass is 35.5. The maximum atomic E-state index is 12.8. The van der Waals surface area contributed by atoms with E-state index in [0.717, 1.165) is 0 Å². The van der Waals surface area contributed by atoms with E-state index in [4.69, 9.17) is 51.1 Å². The number of amides is 2. The molecule has 0 aliphatic carbocycles. The summed E-state index contributed by atoms with van der Waals surface area (Å²) in [6.45, 7) is 0. The Bertz CT molecular complexity index is 1270. The number of carbonyl (C=O) groups is 1. The Morgan fingerprint density at radius 3 is 2.00 bits per heavy atom. The van der Waals surface area contributed by atoms with Crippen LogP contribution in [0.25, 0.3) is 0 Å². The number of anilines is 3. The normalized spacial score (nSPS) is 11.0. The number of benzene rings is 3. The predicted molar refractivity (Wildman–Crippen MR) is 129 cm³/mol. The van der Waals surface area contributed by atoms with Gasteiger partial charge in [-0.15, -0.1) is 0 Å². The van der Waals surface area contributed by atoms with Gasteiger partial charge in [-0.05, 0) is 54.6 Å². The molecule has 0 bridgehead atoms. The third-order valence-corrected chi connectivity index (χ3v) is 6.55. The highest BCUT2D eigenvalue weighted by molar-refractivity contribution is 7.92. The van der Waals surface area contributed by atoms with E-state index in [2.05, 4.69) is 15.4 Å². The van der Waals surface area contributed by atoms with Crippen molar-refractivity contribution >= 4 is 79.5 Å². The van der Waals surface area contributed by atoms with Crippen LogP contribution in [0.4, 0.5) is 21.9 Å². The zero-order chi connectivity index (χ0) is 23.5. The first-order valence-corrected chi connectivity index (χ1v) is 11.8. The molecule has 32 heavy (non-hydrogen) atoms. The molecule has 3 N–H and O–H groups in total. The molecule has 168 valence electrons. The average Bonchev–Trinajstić information content (AvgIpc) is 2.70. The molecule has 0 unspecified atom stereocenters. The van der Waals surface area contributed by atoms with Gasteiger partial charge in [-0.1, -0.05) is 46.4 Å². The van der Waals surface area contributed by atoms with Crippen molar-refractivity contribution in [3.8, 4) is 5.75 Å². The first kappa shape index (κ1) is 24.3. The highest BCUT2D eigenvalue weighted by Gasteiger charge is 2.19. The summed E-state index contributed by atoms with van der Waals surface area (Å²) in [6, 6.07) is 12.4. The Labute approximate surface area is 204 Å². The van der Waals surface area contributed by atoms with Gasteiger partial charge in [0.25, 0.3) is 10.0 Å². The Balaban J connectivity index is 1.81. The van der Waals surface area contributed by atoms with Gasteiger partial charge in [0.2, 0.25) is 0 Å². The molecular formula is C20H15Cl4N3O4S. The van der Waals surface area contributed by atoms with Crippen molar-refractivity contribution in [3.05, 3.63) is 74.7 Å². The fourth-order valence-electron chi connectivity index (χ4n) is 2.62. The Morgan fingerprint density at radius 2 is 1.41 bits per heavy atom. The number of urea groups is 1. The number of hydrogen-bond donors (Lipinski definition) is 3. The minimum absolute atomic E-state index is 0.0935. The summed E-state index contributed by atoms with van der Waals surface area (Å²) in [5, 5.41) is 6.17. The second kappa shape index (κ2) is 10.1. The molecule has 0 atom stereocenters. The molecular weight excluding hydrogens is 520 g/mol. The van der Waals surface area contributed by atoms with Crippen molar-refractivity contribution in [1.82, 2.24) is 0 Å². The van der Waals surface area contributed by atoms with E-state index in [-0.39, 0.29) is 31.4 Å². The van der Waals surface area contributed by atoms with Gasteiger partial charge >= 0.3 is 6.03 Å². The molecule has 3 aromatic rings. The molecule has 0 heterocycles. The average molecular weight is 535 g/mol. The van der Waals surface area contributed by atoms with Gasteiger partial charge in [-0.2, -0.15) is 0 Å². The van der Waals surface area contributed by atoms with Crippen molar-refractivity contribution in [2.24, 2.45) is 0 Å². The number of nitrogens with one attached hydrogen (secondary N) is 3. The molecule has 3 aromatic carbocycles. The summed E-state index contributed by atoms with van der Waals surface area (Å²) >= 11 is 23.6. The number of methoxy groups -OCH3 is 1. The fraction of sp³-hybridized carbons (Fsp3) is 0.0500. The summed E-state index contributed by atoms with van der Waals surface area (Å²) in [5.41, 5.74) is 0.810. The van der Waals surface area contributed by atoms with E-state index in [9.17, 15) is 13.2 Å². The predicted octanol–water partition coefficient (Wildman–Crippen LogP) is 6.75. The van der Waals surface area contributed by atoms with Gasteiger partial charge in [-0.25, -0.2) is 13.2 Å². The summed E-state index contributed by atoms with van der Waals surface area (Å²) in [6.07, 6.45) is 0. The van der Waals surface area contributed by atoms with Crippen molar-refractivity contribution < 1.29 is 17.9 Å². The van der Waals surface area contributed by atoms with Gasteiger partial charge < -0.3 is 15.4 Å². The van der Waals surface area contributed by atoms with Crippen molar-refractivity contribution in [3.63, 3.8) is 0 Å². The van der Waals surface area contributed by atoms with Crippen LogP contribution in [0.5, 0.6) is 5.75 Å². The fourth-order valence-corrected chi connectivity index (χ4v) is 4.70. The molecule has 0 spiro atoms. The molecule has 2 amide bonds. The van der Waals surface area contributed by atoms with Crippen LogP contribution >= 0.6 is 46.4 Å². The zero-order valence-corrected chi connectivity index (χ0v) is 20.1. The first-order valence-electron chi connectivity index (χ1n) is 8.77. The molecule has 0 saturated carbocycles. The van der Waals surface area contributed by atoms with E-state index in [0.29, 0.717) is 16.4 Å². The number of carbonyl (C=O) groups excluding carboxylic acids is 1. The van der Waals surface area contributed by atoms with Crippen molar-refractivity contribution in [1.29, 1.82) is 0 Å². The number of sulfonamides is 1. The third kappa shape index (κ3) is 6.11. The van der Waals surface area contributed by atoms with E-state index in [1.807, 2.05) is 0 Å². The maximum Gasteiger partial charge on any atom is 0.323 e. The largest absolute Gasteiger partial charge is 0.495 e. The number of rotatable bonds is 6. The topological polar surface area (TPSA) is 96.5 Å². The lowest BCUT2D eigenvalue weighted by Gasteiger charge is -2.15. The zero-order valence-electron chi connectivity index (χ0n) is 16.2. The molecule has 0 aliphatic heterocycles. The lowest BCUT2D eigenvalue weighted by molar-refractivity contribution is 0.262. The van der Waals surface area contributed by atoms with Crippen molar-refractivity contribution in [2.45, 2.75) is 4.90 Å². The minimum atomic E-state index is -4.05. The lowest BCUT2D eigenvalue weighted by atomic mass is 10.2. The molecule has 12 heteroatoms. The standard InChI is InChI=1S/C20H15Cl4N3O4S/c1-31-19-5-3-14(26-20(28)25-13-2-4-16(23)17(24)9-13)10-18(19)27-32(29,30)15-7-11(21)6-12(22)8-15/h2-10,27H,1H3,(H2,25,26,28). The first-order chi connectivity index (χ1) is 15.1. The molecule has 3 rings (SSSR count). The molecule has 0 radical (unpaired) electrons. The Kier molecular flexibility index (Phi) is 7.63. The molecule has 0 fully saturated rings. The van der Waals surface area contributed by atoms with Crippen LogP contribution in [0, 0.1) is 0 Å². The van der Waals surface area contributed by atoms with Crippen LogP contribution in [0.1, 0.15) is 0 Å². The number of ether oxygens (including phenoxy) is 1. The maximum absolute atomic E-state index is 12.8. The second-order valence-electron chi connectivity index (χ2n) is 6.33.